The molecular formula is C12H10NOS+. The lowest BCUT2D eigenvalue weighted by atomic mass is 10.3. The van der Waals surface area contributed by atoms with E-state index in [4.69, 9.17) is 4.74 Å². The van der Waals surface area contributed by atoms with Gasteiger partial charge in [0, 0.05) is 6.07 Å². The van der Waals surface area contributed by atoms with Crippen molar-refractivity contribution in [2.24, 2.45) is 0 Å². The zero-order valence-corrected chi connectivity index (χ0v) is 8.91. The number of benzene rings is 1. The minimum absolute atomic E-state index is 0.608. The number of thiophene rings is 1. The average Bonchev–Trinajstić information content (AvgIpc) is 2.89. The van der Waals surface area contributed by atoms with E-state index in [-0.39, 0.29) is 0 Å². The predicted octanol–water partition coefficient (Wildman–Crippen LogP) is 2.86. The second-order valence-corrected chi connectivity index (χ2v) is 4.33. The molecule has 0 aliphatic carbocycles. The summed E-state index contributed by atoms with van der Waals surface area (Å²) in [7, 11) is 0. The molecule has 0 atom stereocenters. The smallest absolute Gasteiger partial charge is 0.293 e. The van der Waals surface area contributed by atoms with Crippen LogP contribution in [0.5, 0.6) is 5.75 Å². The van der Waals surface area contributed by atoms with Gasteiger partial charge < -0.3 is 4.74 Å². The number of hydrogen-bond donors (Lipinski definition) is 0. The summed E-state index contributed by atoms with van der Waals surface area (Å²) in [6.45, 7) is 0.608. The van der Waals surface area contributed by atoms with Gasteiger partial charge in [0.1, 0.15) is 0 Å². The predicted molar refractivity (Wildman–Crippen MR) is 61.3 cm³/mol. The molecule has 15 heavy (non-hydrogen) atoms. The molecule has 0 N–H and O–H groups in total. The minimum Gasteiger partial charge on any atom is -0.429 e. The summed E-state index contributed by atoms with van der Waals surface area (Å²) < 4.78 is 7.69. The molecule has 1 aromatic heterocycles. The minimum atomic E-state index is 0.608. The molecular weight excluding hydrogens is 206 g/mol. The van der Waals surface area contributed by atoms with Crippen molar-refractivity contribution in [3.63, 3.8) is 0 Å². The number of para-hydroxylation sites is 2. The van der Waals surface area contributed by atoms with Crippen LogP contribution in [0.4, 0.5) is 5.69 Å². The van der Waals surface area contributed by atoms with Gasteiger partial charge in [-0.3, -0.25) is 0 Å². The van der Waals surface area contributed by atoms with Crippen LogP contribution in [0.3, 0.4) is 0 Å². The first-order valence-corrected chi connectivity index (χ1v) is 5.68. The van der Waals surface area contributed by atoms with E-state index in [1.54, 1.807) is 11.3 Å². The van der Waals surface area contributed by atoms with Crippen molar-refractivity contribution in [3.05, 3.63) is 46.7 Å². The summed E-state index contributed by atoms with van der Waals surface area (Å²) in [6.07, 6.45) is 2.12. The summed E-state index contributed by atoms with van der Waals surface area (Å²) in [5.41, 5.74) is 1.14. The highest BCUT2D eigenvalue weighted by Crippen LogP contribution is 2.31. The van der Waals surface area contributed by atoms with Crippen LogP contribution in [0.15, 0.2) is 41.8 Å². The summed E-state index contributed by atoms with van der Waals surface area (Å²) in [5.74, 6) is 0.963. The van der Waals surface area contributed by atoms with Gasteiger partial charge in [0.05, 0.1) is 4.88 Å². The molecule has 0 saturated carbocycles. The fourth-order valence-corrected chi connectivity index (χ4v) is 2.31. The van der Waals surface area contributed by atoms with Gasteiger partial charge in [-0.1, -0.05) is 18.2 Å². The molecule has 0 amide bonds. The lowest BCUT2D eigenvalue weighted by molar-refractivity contribution is -0.452. The van der Waals surface area contributed by atoms with Crippen molar-refractivity contribution >= 4 is 23.2 Å². The van der Waals surface area contributed by atoms with Crippen LogP contribution in [-0.4, -0.2) is 17.5 Å². The molecule has 2 heterocycles. The summed E-state index contributed by atoms with van der Waals surface area (Å²) in [5, 5.41) is 2.08. The van der Waals surface area contributed by atoms with E-state index in [1.165, 1.54) is 4.88 Å². The normalized spacial score (nSPS) is 16.4. The van der Waals surface area contributed by atoms with Crippen molar-refractivity contribution in [3.8, 4) is 5.75 Å². The van der Waals surface area contributed by atoms with Crippen molar-refractivity contribution in [1.82, 2.24) is 0 Å². The maximum absolute atomic E-state index is 5.56. The van der Waals surface area contributed by atoms with Crippen LogP contribution >= 0.6 is 11.3 Å². The second kappa shape index (κ2) is 3.51. The third kappa shape index (κ3) is 1.55. The second-order valence-electron chi connectivity index (χ2n) is 3.36. The standard InChI is InChI=1S/C12H10NOS/c1-2-6-12-11(5-1)13(9-14-12)8-10-4-3-7-15-10/h1-8H,9H2/q+1. The maximum atomic E-state index is 5.56. The highest BCUT2D eigenvalue weighted by Gasteiger charge is 2.23. The molecule has 3 rings (SSSR count). The Morgan fingerprint density at radius 2 is 2.13 bits per heavy atom. The van der Waals surface area contributed by atoms with Crippen LogP contribution in [0.1, 0.15) is 4.88 Å². The molecule has 1 aromatic carbocycles. The number of nitrogens with zero attached hydrogens (tertiary/aromatic N) is 1. The number of ether oxygens (including phenoxy) is 1. The first kappa shape index (κ1) is 8.68. The summed E-state index contributed by atoms with van der Waals surface area (Å²) in [6, 6.07) is 12.3. The Labute approximate surface area is 92.1 Å². The molecule has 1 aliphatic heterocycles. The fourth-order valence-electron chi connectivity index (χ4n) is 1.65. The number of fused-ring (bicyclic) bond motifs is 1. The number of rotatable bonds is 1. The van der Waals surface area contributed by atoms with Gasteiger partial charge in [0.2, 0.25) is 0 Å². The average molecular weight is 216 g/mol. The van der Waals surface area contributed by atoms with Gasteiger partial charge in [0.25, 0.3) is 12.4 Å². The molecule has 2 aromatic rings. The van der Waals surface area contributed by atoms with Gasteiger partial charge in [-0.15, -0.1) is 11.3 Å². The van der Waals surface area contributed by atoms with Gasteiger partial charge in [-0.05, 0) is 17.5 Å². The molecule has 0 unspecified atom stereocenters. The Morgan fingerprint density at radius 1 is 1.20 bits per heavy atom. The van der Waals surface area contributed by atoms with E-state index in [0.717, 1.165) is 11.4 Å². The zero-order valence-electron chi connectivity index (χ0n) is 8.09. The van der Waals surface area contributed by atoms with Crippen LogP contribution < -0.4 is 4.74 Å². The Morgan fingerprint density at radius 3 is 3.00 bits per heavy atom. The maximum Gasteiger partial charge on any atom is 0.293 e. The van der Waals surface area contributed by atoms with Gasteiger partial charge >= 0.3 is 0 Å². The third-order valence-corrected chi connectivity index (χ3v) is 3.17. The highest BCUT2D eigenvalue weighted by molar-refractivity contribution is 7.11. The van der Waals surface area contributed by atoms with Crippen LogP contribution in [-0.2, 0) is 0 Å². The third-order valence-electron chi connectivity index (χ3n) is 2.36. The first-order valence-electron chi connectivity index (χ1n) is 4.80. The van der Waals surface area contributed by atoms with Crippen molar-refractivity contribution in [1.29, 1.82) is 0 Å². The lowest BCUT2D eigenvalue weighted by Gasteiger charge is -1.89. The van der Waals surface area contributed by atoms with Crippen molar-refractivity contribution < 1.29 is 9.31 Å². The topological polar surface area (TPSA) is 12.2 Å². The first-order chi connectivity index (χ1) is 7.43. The molecule has 0 saturated heterocycles. The zero-order chi connectivity index (χ0) is 10.1. The lowest BCUT2D eigenvalue weighted by Crippen LogP contribution is -2.05. The van der Waals surface area contributed by atoms with Gasteiger partial charge in [-0.25, -0.2) is 0 Å². The van der Waals surface area contributed by atoms with Crippen molar-refractivity contribution in [2.75, 3.05) is 6.73 Å². The van der Waals surface area contributed by atoms with Gasteiger partial charge in [0.15, 0.2) is 12.0 Å². The molecule has 3 heteroatoms. The highest BCUT2D eigenvalue weighted by atomic mass is 32.1. The van der Waals surface area contributed by atoms with E-state index in [2.05, 4.69) is 34.4 Å². The molecule has 74 valence electrons. The Balaban J connectivity index is 2.04. The van der Waals surface area contributed by atoms with Crippen LogP contribution in [0.25, 0.3) is 0 Å². The SMILES string of the molecule is C(c1cccs1)=[N+]1COc2ccccc21. The van der Waals surface area contributed by atoms with E-state index in [1.807, 2.05) is 18.2 Å². The van der Waals surface area contributed by atoms with Crippen LogP contribution in [0.2, 0.25) is 0 Å². The Kier molecular flexibility index (Phi) is 2.03. The van der Waals surface area contributed by atoms with E-state index in [0.29, 0.717) is 6.73 Å². The summed E-state index contributed by atoms with van der Waals surface area (Å²) >= 11 is 1.73. The van der Waals surface area contributed by atoms with E-state index in [9.17, 15) is 0 Å². The van der Waals surface area contributed by atoms with E-state index >= 15 is 0 Å². The quantitative estimate of drug-likeness (QED) is 0.668. The molecule has 2 nitrogen and oxygen atoms in total. The van der Waals surface area contributed by atoms with Crippen LogP contribution in [0, 0.1) is 0 Å². The Hall–Kier alpha value is -1.61. The molecule has 0 fully saturated rings. The molecule has 0 spiro atoms. The number of hydrogen-bond acceptors (Lipinski definition) is 2. The molecule has 1 aliphatic rings. The Bertz CT molecular complexity index is 502. The monoisotopic (exact) mass is 216 g/mol. The molecule has 0 radical (unpaired) electrons. The molecule has 0 bridgehead atoms. The van der Waals surface area contributed by atoms with E-state index < -0.39 is 0 Å². The van der Waals surface area contributed by atoms with Crippen molar-refractivity contribution in [2.45, 2.75) is 0 Å². The van der Waals surface area contributed by atoms with Gasteiger partial charge in [-0.2, -0.15) is 4.58 Å². The largest absolute Gasteiger partial charge is 0.429 e. The fraction of sp³-hybridized carbons (Fsp3) is 0.0833. The summed E-state index contributed by atoms with van der Waals surface area (Å²) in [4.78, 5) is 1.25.